The number of nitrogens with one attached hydrogen (secondary N) is 1. The molecule has 6 nitrogen and oxygen atoms in total. The lowest BCUT2D eigenvalue weighted by atomic mass is 10.0. The maximum Gasteiger partial charge on any atom is 0.319 e. The highest BCUT2D eigenvalue weighted by atomic mass is 19.3. The van der Waals surface area contributed by atoms with Crippen LogP contribution in [0.3, 0.4) is 0 Å². The lowest BCUT2D eigenvalue weighted by Gasteiger charge is -2.20. The van der Waals surface area contributed by atoms with Crippen LogP contribution in [-0.4, -0.2) is 25.0 Å². The molecule has 4 rings (SSSR count). The smallest absolute Gasteiger partial charge is 0.319 e. The van der Waals surface area contributed by atoms with E-state index in [4.69, 9.17) is 0 Å². The largest absolute Gasteiger partial charge is 0.343 e. The molecule has 2 aromatic heterocycles. The second-order valence-electron chi connectivity index (χ2n) is 7.19. The lowest BCUT2D eigenvalue weighted by molar-refractivity contribution is 0.0665. The van der Waals surface area contributed by atoms with Gasteiger partial charge in [0.25, 0.3) is 5.91 Å². The molecule has 0 radical (unpaired) electrons. The molecule has 152 valence electrons. The average Bonchev–Trinajstić information content (AvgIpc) is 3.29. The Morgan fingerprint density at radius 3 is 2.76 bits per heavy atom. The van der Waals surface area contributed by atoms with Crippen LogP contribution in [-0.2, 0) is 19.4 Å². The van der Waals surface area contributed by atoms with E-state index in [1.165, 1.54) is 12.4 Å². The Balaban J connectivity index is 1.60. The fourth-order valence-electron chi connectivity index (χ4n) is 3.81. The Hall–Kier alpha value is -3.03. The molecule has 1 unspecified atom stereocenters. The van der Waals surface area contributed by atoms with Crippen LogP contribution in [0.15, 0.2) is 48.9 Å². The summed E-state index contributed by atoms with van der Waals surface area (Å²) in [4.78, 5) is 21.6. The van der Waals surface area contributed by atoms with Gasteiger partial charge in [-0.05, 0) is 18.4 Å². The molecular weight excluding hydrogens is 376 g/mol. The number of fused-ring (bicyclic) bond motifs is 1. The molecule has 1 aliphatic rings. The number of imidazole rings is 2. The number of carbonyl (C=O) groups excluding carboxylic acids is 1. The molecule has 0 aliphatic carbocycles. The number of rotatable bonds is 6. The molecule has 0 saturated carbocycles. The van der Waals surface area contributed by atoms with Gasteiger partial charge < -0.3 is 9.88 Å². The Bertz CT molecular complexity index is 967. The van der Waals surface area contributed by atoms with Crippen molar-refractivity contribution in [2.45, 2.75) is 51.2 Å². The van der Waals surface area contributed by atoms with Crippen LogP contribution < -0.4 is 5.32 Å². The molecule has 29 heavy (non-hydrogen) atoms. The predicted octanol–water partition coefficient (Wildman–Crippen LogP) is 3.91. The summed E-state index contributed by atoms with van der Waals surface area (Å²) in [6.07, 6.45) is 8.43. The molecule has 1 N–H and O–H groups in total. The van der Waals surface area contributed by atoms with Gasteiger partial charge in [-0.2, -0.15) is 8.78 Å². The first kappa shape index (κ1) is 19.3. The van der Waals surface area contributed by atoms with E-state index in [2.05, 4.69) is 15.3 Å². The summed E-state index contributed by atoms with van der Waals surface area (Å²) in [5, 5.41) is 3.01. The Morgan fingerprint density at radius 2 is 1.97 bits per heavy atom. The molecule has 1 aromatic carbocycles. The second kappa shape index (κ2) is 8.55. The van der Waals surface area contributed by atoms with Gasteiger partial charge in [-0.1, -0.05) is 36.8 Å². The van der Waals surface area contributed by atoms with Crippen LogP contribution in [0.2, 0.25) is 0 Å². The molecule has 0 saturated heterocycles. The molecule has 1 amide bonds. The lowest BCUT2D eigenvalue weighted by Crippen LogP contribution is -2.32. The van der Waals surface area contributed by atoms with E-state index in [-0.39, 0.29) is 18.2 Å². The van der Waals surface area contributed by atoms with Crippen LogP contribution in [0.5, 0.6) is 0 Å². The highest BCUT2D eigenvalue weighted by Gasteiger charge is 2.24. The zero-order valence-electron chi connectivity index (χ0n) is 16.0. The van der Waals surface area contributed by atoms with Gasteiger partial charge in [0.1, 0.15) is 17.3 Å². The topological polar surface area (TPSA) is 64.7 Å². The summed E-state index contributed by atoms with van der Waals surface area (Å²) in [6, 6.07) is 8.85. The number of aromatic nitrogens is 4. The van der Waals surface area contributed by atoms with E-state index in [0.717, 1.165) is 48.2 Å². The van der Waals surface area contributed by atoms with E-state index in [1.54, 1.807) is 6.20 Å². The molecule has 3 aromatic rings. The first-order chi connectivity index (χ1) is 14.1. The van der Waals surface area contributed by atoms with Gasteiger partial charge in [-0.25, -0.2) is 9.97 Å². The summed E-state index contributed by atoms with van der Waals surface area (Å²) in [5.74, 6) is 0.896. The van der Waals surface area contributed by atoms with E-state index >= 15 is 0 Å². The number of hydrogen-bond donors (Lipinski definition) is 1. The monoisotopic (exact) mass is 399 g/mol. The van der Waals surface area contributed by atoms with E-state index < -0.39 is 12.6 Å². The third-order valence-electron chi connectivity index (χ3n) is 5.31. The van der Waals surface area contributed by atoms with E-state index in [1.807, 2.05) is 34.9 Å². The number of alkyl halides is 2. The van der Waals surface area contributed by atoms with Crippen LogP contribution in [0.1, 0.15) is 59.6 Å². The summed E-state index contributed by atoms with van der Waals surface area (Å²) >= 11 is 0. The number of benzene rings is 1. The van der Waals surface area contributed by atoms with E-state index in [0.29, 0.717) is 5.69 Å². The third kappa shape index (κ3) is 4.21. The van der Waals surface area contributed by atoms with Crippen molar-refractivity contribution in [3.05, 3.63) is 71.8 Å². The summed E-state index contributed by atoms with van der Waals surface area (Å²) in [6.45, 7) is -1.91. The highest BCUT2D eigenvalue weighted by molar-refractivity contribution is 5.92. The minimum absolute atomic E-state index is 0.161. The van der Waals surface area contributed by atoms with E-state index in [9.17, 15) is 13.6 Å². The molecule has 0 spiro atoms. The van der Waals surface area contributed by atoms with Crippen molar-refractivity contribution in [1.82, 2.24) is 24.4 Å². The fraction of sp³-hybridized carbons (Fsp3) is 0.381. The number of hydrogen-bond acceptors (Lipinski definition) is 3. The zero-order valence-corrected chi connectivity index (χ0v) is 16.0. The minimum atomic E-state index is -2.68. The first-order valence-corrected chi connectivity index (χ1v) is 9.83. The van der Waals surface area contributed by atoms with Crippen molar-refractivity contribution >= 4 is 5.91 Å². The van der Waals surface area contributed by atoms with Crippen LogP contribution in [0.4, 0.5) is 8.78 Å². The first-order valence-electron chi connectivity index (χ1n) is 9.83. The SMILES string of the molecule is O=C(NC(Cc1nccn1C(F)F)c1ccccc1)c1cnc2n1CCCCC2. The molecule has 1 aliphatic heterocycles. The Morgan fingerprint density at radius 1 is 1.14 bits per heavy atom. The van der Waals surface area contributed by atoms with Crippen molar-refractivity contribution in [3.8, 4) is 0 Å². The van der Waals surface area contributed by atoms with Gasteiger partial charge >= 0.3 is 6.55 Å². The summed E-state index contributed by atoms with van der Waals surface area (Å²) < 4.78 is 29.3. The number of amides is 1. The van der Waals surface area contributed by atoms with Crippen LogP contribution >= 0.6 is 0 Å². The van der Waals surface area contributed by atoms with Crippen molar-refractivity contribution < 1.29 is 13.6 Å². The van der Waals surface area contributed by atoms with Crippen molar-refractivity contribution in [1.29, 1.82) is 0 Å². The van der Waals surface area contributed by atoms with Gasteiger partial charge in [-0.15, -0.1) is 0 Å². The average molecular weight is 399 g/mol. The van der Waals surface area contributed by atoms with Crippen LogP contribution in [0, 0.1) is 0 Å². The number of halogens is 2. The second-order valence-corrected chi connectivity index (χ2v) is 7.19. The third-order valence-corrected chi connectivity index (χ3v) is 5.31. The van der Waals surface area contributed by atoms with Gasteiger partial charge in [0.2, 0.25) is 0 Å². The zero-order chi connectivity index (χ0) is 20.2. The highest BCUT2D eigenvalue weighted by Crippen LogP contribution is 2.22. The molecule has 8 heteroatoms. The van der Waals surface area contributed by atoms with Gasteiger partial charge in [0.05, 0.1) is 12.2 Å². The van der Waals surface area contributed by atoms with Gasteiger partial charge in [-0.3, -0.25) is 9.36 Å². The Kier molecular flexibility index (Phi) is 5.69. The van der Waals surface area contributed by atoms with Crippen molar-refractivity contribution in [2.24, 2.45) is 0 Å². The predicted molar refractivity (Wildman–Crippen MR) is 104 cm³/mol. The Labute approximate surface area is 167 Å². The quantitative estimate of drug-likeness (QED) is 0.683. The number of nitrogens with zero attached hydrogens (tertiary/aromatic N) is 4. The molecule has 3 heterocycles. The molecule has 0 fully saturated rings. The van der Waals surface area contributed by atoms with Crippen molar-refractivity contribution in [3.63, 3.8) is 0 Å². The molecular formula is C21H23F2N5O. The maximum absolute atomic E-state index is 13.3. The number of aryl methyl sites for hydroxylation is 1. The minimum Gasteiger partial charge on any atom is -0.343 e. The molecule has 0 bridgehead atoms. The normalized spacial score (nSPS) is 15.0. The molecule has 1 atom stereocenters. The standard InChI is InChI=1S/C21H23F2N5O/c22-21(23)28-12-10-24-19(28)13-16(15-7-3-1-4-8-15)26-20(29)17-14-25-18-9-5-2-6-11-27(17)18/h1,3-4,7-8,10,12,14,16,21H,2,5-6,9,11,13H2,(H,26,29). The fourth-order valence-corrected chi connectivity index (χ4v) is 3.81. The van der Waals surface area contributed by atoms with Crippen LogP contribution in [0.25, 0.3) is 0 Å². The van der Waals surface area contributed by atoms with Gasteiger partial charge in [0, 0.05) is 31.8 Å². The van der Waals surface area contributed by atoms with Gasteiger partial charge in [0.15, 0.2) is 0 Å². The maximum atomic E-state index is 13.3. The summed E-state index contributed by atoms with van der Waals surface area (Å²) in [7, 11) is 0. The number of carbonyl (C=O) groups is 1. The van der Waals surface area contributed by atoms with Crippen molar-refractivity contribution in [2.75, 3.05) is 0 Å². The summed E-state index contributed by atoms with van der Waals surface area (Å²) in [5.41, 5.74) is 1.35.